The summed E-state index contributed by atoms with van der Waals surface area (Å²) in [6, 6.07) is 0. The number of anilines is 20. The largest absolute Gasteiger partial charge is 0.396 e. The summed E-state index contributed by atoms with van der Waals surface area (Å²) >= 11 is 0. The lowest BCUT2D eigenvalue weighted by Crippen LogP contribution is -2.14. The van der Waals surface area contributed by atoms with Gasteiger partial charge in [0.05, 0.1) is 0 Å². The molecule has 7 aromatic heterocycles. The van der Waals surface area contributed by atoms with Gasteiger partial charge >= 0.3 is 0 Å². The van der Waals surface area contributed by atoms with Crippen molar-refractivity contribution in [2.45, 2.75) is 148 Å². The van der Waals surface area contributed by atoms with Crippen molar-refractivity contribution in [1.29, 1.82) is 0 Å². The van der Waals surface area contributed by atoms with Crippen LogP contribution in [0.25, 0.3) is 0 Å². The number of hydrogen-bond acceptors (Lipinski definition) is 45. The van der Waals surface area contributed by atoms with Gasteiger partial charge in [-0.1, -0.05) is 6.42 Å². The quantitative estimate of drug-likeness (QED) is 0.0237. The first kappa shape index (κ1) is 83.6. The fraction of sp³-hybridized carbons (Fsp3) is 0.644. The molecule has 33 N–H and O–H groups in total. The summed E-state index contributed by atoms with van der Waals surface area (Å²) in [4.78, 5) is 86.3. The van der Waals surface area contributed by atoms with Crippen LogP contribution in [-0.2, 0) is 6.42 Å². The Kier molecular flexibility index (Phi) is 41.1. The van der Waals surface area contributed by atoms with Gasteiger partial charge in [0, 0.05) is 105 Å². The lowest BCUT2D eigenvalue weighted by atomic mass is 10.2. The molecule has 0 saturated carbocycles. The van der Waals surface area contributed by atoms with E-state index in [1.165, 1.54) is 0 Å². The van der Waals surface area contributed by atoms with Crippen molar-refractivity contribution in [1.82, 2.24) is 105 Å². The molecule has 0 amide bonds. The molecule has 0 unspecified atom stereocenters. The first-order valence-electron chi connectivity index (χ1n) is 35.2. The molecule has 0 saturated heterocycles. The van der Waals surface area contributed by atoms with Crippen molar-refractivity contribution in [2.75, 3.05) is 209 Å². The number of nitrogens with one attached hydrogen (secondary N) is 11. The zero-order valence-corrected chi connectivity index (χ0v) is 59.2. The SMILES string of the molecule is Nc1nc(N)nc(NCCCCCNc2nc(N)nc(NCCCCCO)n2)n1.Nc1nc(N)nc(NCCCCCNc2nc(NCCCCCO)nc(NCCCCCO)n2)n1.Nc1nc(N)nc(NCCCCNc2nc(N)nc(CCCCCNc3nc(N)nc(NCCCCO)n3)n2)n1. The maximum atomic E-state index is 8.91. The maximum Gasteiger partial charge on any atom is 0.229 e. The highest BCUT2D eigenvalue weighted by molar-refractivity contribution is 5.44. The van der Waals surface area contributed by atoms with Gasteiger partial charge in [-0.2, -0.15) is 105 Å². The van der Waals surface area contributed by atoms with Gasteiger partial charge in [0.25, 0.3) is 0 Å². The predicted octanol–water partition coefficient (Wildman–Crippen LogP) is 1.02. The Morgan fingerprint density at radius 1 is 0.163 bits per heavy atom. The minimum atomic E-state index is 0.0791. The Bertz CT molecular complexity index is 3370. The normalized spacial score (nSPS) is 10.8. The number of nitrogens with two attached hydrogens (primary N) is 9. The second-order valence-corrected chi connectivity index (χ2v) is 23.2. The molecule has 574 valence electrons. The van der Waals surface area contributed by atoms with Gasteiger partial charge in [-0.25, -0.2) is 0 Å². The highest BCUT2D eigenvalue weighted by Crippen LogP contribution is 2.16. The number of rotatable bonds is 53. The van der Waals surface area contributed by atoms with Gasteiger partial charge in [0.15, 0.2) is 0 Å². The molecule has 0 fully saturated rings. The maximum absolute atomic E-state index is 8.91. The van der Waals surface area contributed by atoms with Crippen LogP contribution in [0.15, 0.2) is 0 Å². The average Bonchev–Trinajstić information content (AvgIpc) is 0.866. The standard InChI is InChI=1S/C22H39N17O.C21H40N12O2.C16H30N12O/c23-15-31-14(32-19(34-15)27-10-4-5-11-28-20-35-16(24)33-17(25)36-20)8-2-1-3-9-29-21-37-18(26)38-22(39-21)30-12-6-7-13-40;22-16-28-17(23)30-18(29-16)24-10-4-1-5-11-25-19-31-20(26-12-6-2-8-14-34)33-21(32-19)27-13-7-3-9-15-35;17-11-23-12(18)25-14(24-11)20-7-3-1-4-8-21-15-26-13(19)27-16(28-15)22-9-5-2-6-10-29/h40H,1-13H2,(H3,23,27,31,32,34)(H5,24,25,28,33,35,36)(H4,26,29,30,37,38,39);34-35H,1-15H2,(H5,22,23,24,28,29,30)(H3,25,26,27,31,32,33);29H,1-10H2,(H5,17,18,20,23,24,25)(H4,19,21,22,26,27,28). The monoisotopic (exact) mass is 1460 g/mol. The van der Waals surface area contributed by atoms with Crippen LogP contribution in [0.5, 0.6) is 0 Å². The third kappa shape index (κ3) is 38.6. The van der Waals surface area contributed by atoms with Crippen molar-refractivity contribution >= 4 is 119 Å². The molecule has 7 aromatic rings. The van der Waals surface area contributed by atoms with Crippen LogP contribution in [0.1, 0.15) is 147 Å². The van der Waals surface area contributed by atoms with E-state index in [0.717, 1.165) is 154 Å². The molecule has 45 heteroatoms. The molecule has 104 heavy (non-hydrogen) atoms. The van der Waals surface area contributed by atoms with E-state index in [1.54, 1.807) is 0 Å². The molecule has 0 spiro atoms. The van der Waals surface area contributed by atoms with E-state index in [1.807, 2.05) is 0 Å². The topological polar surface area (TPSA) is 718 Å². The molecule has 0 radical (unpaired) electrons. The minimum absolute atomic E-state index is 0.0791. The first-order valence-corrected chi connectivity index (χ1v) is 35.2. The zero-order valence-electron chi connectivity index (χ0n) is 59.2. The van der Waals surface area contributed by atoms with Crippen LogP contribution in [0.3, 0.4) is 0 Å². The van der Waals surface area contributed by atoms with Crippen LogP contribution >= 0.6 is 0 Å². The van der Waals surface area contributed by atoms with Crippen LogP contribution in [0.4, 0.5) is 119 Å². The zero-order chi connectivity index (χ0) is 74.6. The molecule has 0 aliphatic rings. The third-order valence-corrected chi connectivity index (χ3v) is 14.2. The fourth-order valence-corrected chi connectivity index (χ4v) is 9.18. The van der Waals surface area contributed by atoms with Gasteiger partial charge in [-0.15, -0.1) is 0 Å². The number of nitrogen functional groups attached to an aromatic ring is 9. The molecule has 0 bridgehead atoms. The Labute approximate surface area is 604 Å². The molecule has 0 aromatic carbocycles. The summed E-state index contributed by atoms with van der Waals surface area (Å²) in [5.41, 5.74) is 50.7. The Morgan fingerprint density at radius 3 is 0.558 bits per heavy atom. The summed E-state index contributed by atoms with van der Waals surface area (Å²) in [5.74, 6) is 6.56. The highest BCUT2D eigenvalue weighted by atomic mass is 16.3. The Balaban J connectivity index is 0.000000284. The van der Waals surface area contributed by atoms with Gasteiger partial charge in [0.2, 0.25) is 119 Å². The molecule has 7 heterocycles. The van der Waals surface area contributed by atoms with Crippen molar-refractivity contribution in [3.05, 3.63) is 5.82 Å². The van der Waals surface area contributed by atoms with Crippen LogP contribution in [0, 0.1) is 0 Å². The van der Waals surface area contributed by atoms with Crippen molar-refractivity contribution < 1.29 is 20.4 Å². The van der Waals surface area contributed by atoms with E-state index in [4.69, 9.17) is 72.0 Å². The molecule has 7 rings (SSSR count). The van der Waals surface area contributed by atoms with E-state index in [2.05, 4.69) is 163 Å². The number of hydrogen-bond donors (Lipinski definition) is 24. The number of nitrogens with zero attached hydrogens (tertiary/aromatic N) is 21. The second-order valence-electron chi connectivity index (χ2n) is 23.2. The predicted molar refractivity (Wildman–Crippen MR) is 406 cm³/mol. The van der Waals surface area contributed by atoms with Crippen LogP contribution < -0.4 is 110 Å². The molecule has 45 nitrogen and oxygen atoms in total. The molecular formula is C59H109N41O4. The lowest BCUT2D eigenvalue weighted by Gasteiger charge is -2.11. The number of aromatic nitrogens is 21. The van der Waals surface area contributed by atoms with E-state index in [9.17, 15) is 0 Å². The second kappa shape index (κ2) is 51.1. The van der Waals surface area contributed by atoms with E-state index in [-0.39, 0.29) is 80.0 Å². The molecule has 0 aliphatic carbocycles. The third-order valence-electron chi connectivity index (χ3n) is 14.2. The van der Waals surface area contributed by atoms with Crippen molar-refractivity contribution in [3.63, 3.8) is 0 Å². The van der Waals surface area contributed by atoms with Gasteiger partial charge < -0.3 is 131 Å². The Morgan fingerprint density at radius 2 is 0.317 bits per heavy atom. The molecule has 0 atom stereocenters. The van der Waals surface area contributed by atoms with Crippen molar-refractivity contribution in [3.8, 4) is 0 Å². The van der Waals surface area contributed by atoms with Crippen LogP contribution in [-0.4, -0.2) is 224 Å². The average molecular weight is 1460 g/mol. The van der Waals surface area contributed by atoms with E-state index < -0.39 is 0 Å². The Hall–Kier alpha value is -11.1. The molecular weight excluding hydrogens is 1350 g/mol. The minimum Gasteiger partial charge on any atom is -0.396 e. The number of aryl methyl sites for hydroxylation is 1. The van der Waals surface area contributed by atoms with E-state index in [0.29, 0.717) is 136 Å². The number of aliphatic hydroxyl groups excluding tert-OH is 4. The summed E-state index contributed by atoms with van der Waals surface area (Å²) in [6.07, 6.45) is 20.3. The van der Waals surface area contributed by atoms with Gasteiger partial charge in [-0.05, 0) is 135 Å². The number of unbranched alkanes of at least 4 members (excludes halogenated alkanes) is 14. The summed E-state index contributed by atoms with van der Waals surface area (Å²) in [7, 11) is 0. The number of aliphatic hydroxyl groups is 4. The van der Waals surface area contributed by atoms with Crippen LogP contribution in [0.2, 0.25) is 0 Å². The smallest absolute Gasteiger partial charge is 0.229 e. The van der Waals surface area contributed by atoms with E-state index >= 15 is 0 Å². The first-order chi connectivity index (χ1) is 50.6. The van der Waals surface area contributed by atoms with Gasteiger partial charge in [-0.3, -0.25) is 0 Å². The summed E-state index contributed by atoms with van der Waals surface area (Å²) in [5, 5.41) is 70.2. The summed E-state index contributed by atoms with van der Waals surface area (Å²) < 4.78 is 0. The van der Waals surface area contributed by atoms with Gasteiger partial charge in [0.1, 0.15) is 5.82 Å². The fourth-order valence-electron chi connectivity index (χ4n) is 9.18. The lowest BCUT2D eigenvalue weighted by molar-refractivity contribution is 0.283. The molecule has 0 aliphatic heterocycles. The summed E-state index contributed by atoms with van der Waals surface area (Å²) in [6.45, 7) is 8.44. The van der Waals surface area contributed by atoms with Crippen molar-refractivity contribution in [2.24, 2.45) is 0 Å². The highest BCUT2D eigenvalue weighted by Gasteiger charge is 2.12.